The first-order chi connectivity index (χ1) is 8.45. The van der Waals surface area contributed by atoms with E-state index in [0.717, 1.165) is 6.07 Å². The van der Waals surface area contributed by atoms with Gasteiger partial charge in [-0.1, -0.05) is 13.3 Å². The number of benzene rings is 1. The van der Waals surface area contributed by atoms with Crippen LogP contribution in [0.25, 0.3) is 0 Å². The SMILES string of the molecule is CCCC(NC(=O)c1ccc(O)cc1O)C(=O)O. The number of carboxylic acid groups (broad SMARTS) is 1. The summed E-state index contributed by atoms with van der Waals surface area (Å²) in [6.07, 6.45) is 0.915. The summed E-state index contributed by atoms with van der Waals surface area (Å²) in [5, 5.41) is 29.8. The van der Waals surface area contributed by atoms with Crippen molar-refractivity contribution in [3.8, 4) is 11.5 Å². The molecule has 1 rings (SSSR count). The van der Waals surface area contributed by atoms with Crippen molar-refractivity contribution in [2.24, 2.45) is 0 Å². The van der Waals surface area contributed by atoms with Gasteiger partial charge in [-0.2, -0.15) is 0 Å². The third-order valence-corrected chi connectivity index (χ3v) is 2.41. The van der Waals surface area contributed by atoms with Gasteiger partial charge in [0, 0.05) is 6.07 Å². The molecule has 1 atom stereocenters. The molecule has 0 radical (unpaired) electrons. The van der Waals surface area contributed by atoms with E-state index in [9.17, 15) is 14.7 Å². The van der Waals surface area contributed by atoms with Crippen LogP contribution in [-0.2, 0) is 4.79 Å². The lowest BCUT2D eigenvalue weighted by Gasteiger charge is -2.14. The van der Waals surface area contributed by atoms with Gasteiger partial charge in [0.05, 0.1) is 5.56 Å². The van der Waals surface area contributed by atoms with Gasteiger partial charge in [0.15, 0.2) is 0 Å². The van der Waals surface area contributed by atoms with E-state index in [2.05, 4.69) is 5.32 Å². The normalized spacial score (nSPS) is 11.8. The molecule has 4 N–H and O–H groups in total. The minimum Gasteiger partial charge on any atom is -0.508 e. The summed E-state index contributed by atoms with van der Waals surface area (Å²) in [4.78, 5) is 22.6. The molecule has 0 aliphatic heterocycles. The van der Waals surface area contributed by atoms with E-state index in [4.69, 9.17) is 10.2 Å². The van der Waals surface area contributed by atoms with Crippen molar-refractivity contribution in [3.05, 3.63) is 23.8 Å². The third kappa shape index (κ3) is 3.38. The first-order valence-electron chi connectivity index (χ1n) is 5.51. The fraction of sp³-hybridized carbons (Fsp3) is 0.333. The molecule has 0 saturated heterocycles. The number of carbonyl (C=O) groups excluding carboxylic acids is 1. The highest BCUT2D eigenvalue weighted by molar-refractivity contribution is 5.98. The van der Waals surface area contributed by atoms with Gasteiger partial charge in [-0.3, -0.25) is 4.79 Å². The number of phenols is 2. The number of nitrogens with one attached hydrogen (secondary N) is 1. The zero-order valence-corrected chi connectivity index (χ0v) is 9.88. The Balaban J connectivity index is 2.83. The number of aliphatic carboxylic acids is 1. The average Bonchev–Trinajstić information content (AvgIpc) is 2.27. The topological polar surface area (TPSA) is 107 Å². The molecule has 0 fully saturated rings. The van der Waals surface area contributed by atoms with Gasteiger partial charge in [0.25, 0.3) is 5.91 Å². The van der Waals surface area contributed by atoms with E-state index in [1.807, 2.05) is 0 Å². The van der Waals surface area contributed by atoms with E-state index in [1.165, 1.54) is 12.1 Å². The van der Waals surface area contributed by atoms with Crippen molar-refractivity contribution < 1.29 is 24.9 Å². The molecule has 18 heavy (non-hydrogen) atoms. The number of hydrogen-bond acceptors (Lipinski definition) is 4. The second kappa shape index (κ2) is 5.90. The lowest BCUT2D eigenvalue weighted by molar-refractivity contribution is -0.139. The maximum absolute atomic E-state index is 11.8. The number of carbonyl (C=O) groups is 2. The van der Waals surface area contributed by atoms with E-state index < -0.39 is 23.7 Å². The molecule has 1 amide bonds. The second-order valence-corrected chi connectivity index (χ2v) is 3.85. The van der Waals surface area contributed by atoms with Crippen molar-refractivity contribution >= 4 is 11.9 Å². The van der Waals surface area contributed by atoms with E-state index in [0.29, 0.717) is 12.8 Å². The van der Waals surface area contributed by atoms with Crippen LogP contribution in [0.5, 0.6) is 11.5 Å². The summed E-state index contributed by atoms with van der Waals surface area (Å²) in [7, 11) is 0. The highest BCUT2D eigenvalue weighted by atomic mass is 16.4. The highest BCUT2D eigenvalue weighted by Gasteiger charge is 2.21. The largest absolute Gasteiger partial charge is 0.508 e. The maximum atomic E-state index is 11.8. The molecule has 0 aromatic heterocycles. The molecular weight excluding hydrogens is 238 g/mol. The number of rotatable bonds is 5. The smallest absolute Gasteiger partial charge is 0.326 e. The van der Waals surface area contributed by atoms with Crippen LogP contribution in [0.4, 0.5) is 0 Å². The van der Waals surface area contributed by atoms with Gasteiger partial charge < -0.3 is 20.6 Å². The van der Waals surface area contributed by atoms with E-state index in [1.54, 1.807) is 6.92 Å². The van der Waals surface area contributed by atoms with Gasteiger partial charge in [0.2, 0.25) is 0 Å². The number of carboxylic acids is 1. The van der Waals surface area contributed by atoms with Gasteiger partial charge >= 0.3 is 5.97 Å². The highest BCUT2D eigenvalue weighted by Crippen LogP contribution is 2.22. The van der Waals surface area contributed by atoms with Crippen molar-refractivity contribution in [1.82, 2.24) is 5.32 Å². The third-order valence-electron chi connectivity index (χ3n) is 2.41. The molecule has 1 aromatic rings. The van der Waals surface area contributed by atoms with Crippen molar-refractivity contribution in [1.29, 1.82) is 0 Å². The summed E-state index contributed by atoms with van der Waals surface area (Å²) in [5.74, 6) is -2.38. The van der Waals surface area contributed by atoms with Crippen molar-refractivity contribution in [3.63, 3.8) is 0 Å². The van der Waals surface area contributed by atoms with Gasteiger partial charge in [-0.25, -0.2) is 4.79 Å². The van der Waals surface area contributed by atoms with Gasteiger partial charge in [-0.05, 0) is 18.6 Å². The van der Waals surface area contributed by atoms with Crippen LogP contribution in [0.3, 0.4) is 0 Å². The molecule has 0 aliphatic rings. The van der Waals surface area contributed by atoms with Crippen LogP contribution in [0.15, 0.2) is 18.2 Å². The molecule has 6 heteroatoms. The Kier molecular flexibility index (Phi) is 4.53. The molecule has 1 unspecified atom stereocenters. The first kappa shape index (κ1) is 13.8. The summed E-state index contributed by atoms with van der Waals surface area (Å²) in [5.41, 5.74) is -0.0739. The molecule has 0 bridgehead atoms. The first-order valence-corrected chi connectivity index (χ1v) is 5.51. The standard InChI is InChI=1S/C12H15NO5/c1-2-3-9(12(17)18)13-11(16)8-5-4-7(14)6-10(8)15/h4-6,9,14-15H,2-3H2,1H3,(H,13,16)(H,17,18). The molecule has 0 heterocycles. The molecule has 0 spiro atoms. The number of aromatic hydroxyl groups is 2. The van der Waals surface area contributed by atoms with Crippen molar-refractivity contribution in [2.75, 3.05) is 0 Å². The molecule has 1 aromatic carbocycles. The molecule has 0 saturated carbocycles. The Bertz CT molecular complexity index is 458. The molecular formula is C12H15NO5. The summed E-state index contributed by atoms with van der Waals surface area (Å²) < 4.78 is 0. The van der Waals surface area contributed by atoms with E-state index >= 15 is 0 Å². The Morgan fingerprint density at radius 3 is 2.50 bits per heavy atom. The quantitative estimate of drug-likeness (QED) is 0.628. The summed E-state index contributed by atoms with van der Waals surface area (Å²) in [6.45, 7) is 1.81. The second-order valence-electron chi connectivity index (χ2n) is 3.85. The monoisotopic (exact) mass is 253 g/mol. The Hall–Kier alpha value is -2.24. The number of hydrogen-bond donors (Lipinski definition) is 4. The Morgan fingerprint density at radius 1 is 1.33 bits per heavy atom. The fourth-order valence-corrected chi connectivity index (χ4v) is 1.49. The van der Waals surface area contributed by atoms with Crippen LogP contribution in [0, 0.1) is 0 Å². The zero-order valence-electron chi connectivity index (χ0n) is 9.88. The Morgan fingerprint density at radius 2 is 2.00 bits per heavy atom. The predicted molar refractivity (Wildman–Crippen MR) is 63.6 cm³/mol. The minimum atomic E-state index is -1.12. The zero-order chi connectivity index (χ0) is 13.7. The van der Waals surface area contributed by atoms with Crippen LogP contribution in [0.2, 0.25) is 0 Å². The van der Waals surface area contributed by atoms with Gasteiger partial charge in [-0.15, -0.1) is 0 Å². The summed E-state index contributed by atoms with van der Waals surface area (Å²) >= 11 is 0. The van der Waals surface area contributed by atoms with Crippen LogP contribution < -0.4 is 5.32 Å². The maximum Gasteiger partial charge on any atom is 0.326 e. The fourth-order valence-electron chi connectivity index (χ4n) is 1.49. The van der Waals surface area contributed by atoms with Crippen LogP contribution in [-0.4, -0.2) is 33.2 Å². The lowest BCUT2D eigenvalue weighted by atomic mass is 10.1. The molecule has 0 aliphatic carbocycles. The van der Waals surface area contributed by atoms with E-state index in [-0.39, 0.29) is 11.3 Å². The van der Waals surface area contributed by atoms with Crippen LogP contribution in [0.1, 0.15) is 30.1 Å². The average molecular weight is 253 g/mol. The van der Waals surface area contributed by atoms with Crippen molar-refractivity contribution in [2.45, 2.75) is 25.8 Å². The van der Waals surface area contributed by atoms with Gasteiger partial charge in [0.1, 0.15) is 17.5 Å². The molecule has 98 valence electrons. The molecule has 6 nitrogen and oxygen atoms in total. The lowest BCUT2D eigenvalue weighted by Crippen LogP contribution is -2.40. The summed E-state index contributed by atoms with van der Waals surface area (Å²) in [6, 6.07) is 2.50. The number of amides is 1. The number of phenolic OH excluding ortho intramolecular Hbond substituents is 2. The van der Waals surface area contributed by atoms with Crippen LogP contribution >= 0.6 is 0 Å². The Labute approximate surface area is 104 Å². The minimum absolute atomic E-state index is 0.0739. The predicted octanol–water partition coefficient (Wildman–Crippen LogP) is 1.08.